The average Bonchev–Trinajstić information content (AvgIpc) is 2.86. The van der Waals surface area contributed by atoms with Gasteiger partial charge in [-0.25, -0.2) is 9.18 Å². The summed E-state index contributed by atoms with van der Waals surface area (Å²) in [7, 11) is 5.22. The van der Waals surface area contributed by atoms with Gasteiger partial charge in [-0.2, -0.15) is 10.2 Å². The molecule has 206 valence electrons. The average molecular weight is 538 g/mol. The zero-order chi connectivity index (χ0) is 28.7. The first-order chi connectivity index (χ1) is 18.5. The van der Waals surface area contributed by atoms with Gasteiger partial charge in [-0.05, 0) is 52.0 Å². The van der Waals surface area contributed by atoms with Gasteiger partial charge in [0.1, 0.15) is 22.7 Å². The fraction of sp³-hybridized carbons (Fsp3) is 0.321. The zero-order valence-corrected chi connectivity index (χ0v) is 23.0. The van der Waals surface area contributed by atoms with Crippen LogP contribution in [0.15, 0.2) is 69.0 Å². The molecule has 0 unspecified atom stereocenters. The summed E-state index contributed by atoms with van der Waals surface area (Å²) in [4.78, 5) is 13.4. The second-order valence-electron chi connectivity index (χ2n) is 9.24. The third-order valence-corrected chi connectivity index (χ3v) is 5.15. The van der Waals surface area contributed by atoms with E-state index in [4.69, 9.17) is 14.2 Å². The fourth-order valence-corrected chi connectivity index (χ4v) is 3.40. The molecule has 0 heterocycles. The van der Waals surface area contributed by atoms with E-state index in [1.54, 1.807) is 19.9 Å². The van der Waals surface area contributed by atoms with Crippen molar-refractivity contribution in [2.75, 3.05) is 26.1 Å². The molecule has 3 rings (SSSR count). The Labute approximate surface area is 226 Å². The van der Waals surface area contributed by atoms with Gasteiger partial charge in [0, 0.05) is 44.0 Å². The lowest BCUT2D eigenvalue weighted by Gasteiger charge is -2.17. The van der Waals surface area contributed by atoms with Crippen LogP contribution in [0, 0.1) is 5.82 Å². The van der Waals surface area contributed by atoms with Gasteiger partial charge < -0.3 is 24.2 Å². The third kappa shape index (κ3) is 7.73. The minimum atomic E-state index is -1.14. The van der Waals surface area contributed by atoms with E-state index in [2.05, 4.69) is 20.5 Å². The normalized spacial score (nSPS) is 11.5. The molecule has 0 aliphatic heterocycles. The number of anilines is 1. The monoisotopic (exact) mass is 537 g/mol. The highest BCUT2D eigenvalue weighted by Gasteiger charge is 2.15. The maximum atomic E-state index is 15.1. The molecule has 0 spiro atoms. The summed E-state index contributed by atoms with van der Waals surface area (Å²) in [5.74, 6) is -1.09. The van der Waals surface area contributed by atoms with Crippen molar-refractivity contribution in [2.45, 2.75) is 39.9 Å². The number of aromatic carboxylic acids is 1. The van der Waals surface area contributed by atoms with Gasteiger partial charge in [0.2, 0.25) is 0 Å². The number of methoxy groups -OCH3 is 1. The standard InChI is InChI=1S/C28H32FN5O5/c1-16(2)38-24-13-18(8-10-21(24)28(35)36)30-33-27-22(29)12-19(14-26(27)37-7)31-32-23-11-9-20(34(5)6)15-25(23)39-17(3)4/h8-17H,1-7H3,(H,35,36). The van der Waals surface area contributed by atoms with Crippen molar-refractivity contribution in [2.24, 2.45) is 20.5 Å². The molecule has 0 saturated heterocycles. The van der Waals surface area contributed by atoms with E-state index in [1.807, 2.05) is 45.0 Å². The van der Waals surface area contributed by atoms with Crippen LogP contribution in [0.25, 0.3) is 0 Å². The molecular formula is C28H32FN5O5. The molecule has 0 radical (unpaired) electrons. The van der Waals surface area contributed by atoms with Crippen LogP contribution in [0.4, 0.5) is 32.8 Å². The fourth-order valence-electron chi connectivity index (χ4n) is 3.40. The maximum Gasteiger partial charge on any atom is 0.339 e. The molecule has 0 fully saturated rings. The second kappa shape index (κ2) is 12.8. The number of halogens is 1. The molecule has 0 aliphatic carbocycles. The molecule has 3 aromatic carbocycles. The molecular weight excluding hydrogens is 505 g/mol. The Morgan fingerprint density at radius 3 is 2.08 bits per heavy atom. The molecule has 1 N–H and O–H groups in total. The van der Waals surface area contributed by atoms with E-state index in [-0.39, 0.29) is 46.3 Å². The largest absolute Gasteiger partial charge is 0.494 e. The molecule has 0 atom stereocenters. The predicted molar refractivity (Wildman–Crippen MR) is 147 cm³/mol. The van der Waals surface area contributed by atoms with Crippen molar-refractivity contribution in [3.63, 3.8) is 0 Å². The van der Waals surface area contributed by atoms with Crippen LogP contribution < -0.4 is 19.1 Å². The van der Waals surface area contributed by atoms with Gasteiger partial charge in [0.15, 0.2) is 17.3 Å². The van der Waals surface area contributed by atoms with Crippen molar-refractivity contribution in [3.05, 3.63) is 59.9 Å². The molecule has 0 saturated carbocycles. The lowest BCUT2D eigenvalue weighted by Crippen LogP contribution is -2.10. The van der Waals surface area contributed by atoms with Crippen LogP contribution in [0.1, 0.15) is 38.1 Å². The molecule has 0 aromatic heterocycles. The number of hydrogen-bond acceptors (Lipinski definition) is 9. The third-order valence-electron chi connectivity index (χ3n) is 5.15. The molecule has 11 heteroatoms. The van der Waals surface area contributed by atoms with Crippen LogP contribution in [0.3, 0.4) is 0 Å². The Morgan fingerprint density at radius 1 is 0.821 bits per heavy atom. The van der Waals surface area contributed by atoms with Gasteiger partial charge >= 0.3 is 5.97 Å². The Bertz CT molecular complexity index is 1390. The van der Waals surface area contributed by atoms with Crippen molar-refractivity contribution in [3.8, 4) is 17.2 Å². The van der Waals surface area contributed by atoms with Crippen LogP contribution in [-0.2, 0) is 0 Å². The van der Waals surface area contributed by atoms with Crippen LogP contribution in [0.2, 0.25) is 0 Å². The molecule has 39 heavy (non-hydrogen) atoms. The molecule has 0 amide bonds. The van der Waals surface area contributed by atoms with Crippen molar-refractivity contribution < 1.29 is 28.5 Å². The van der Waals surface area contributed by atoms with Gasteiger partial charge in [0.05, 0.1) is 30.7 Å². The highest BCUT2D eigenvalue weighted by molar-refractivity contribution is 5.91. The number of carboxylic acids is 1. The first kappa shape index (κ1) is 29.0. The summed E-state index contributed by atoms with van der Waals surface area (Å²) in [5, 5.41) is 25.9. The number of azo groups is 2. The number of benzene rings is 3. The van der Waals surface area contributed by atoms with E-state index >= 15 is 4.39 Å². The molecule has 10 nitrogen and oxygen atoms in total. The van der Waals surface area contributed by atoms with E-state index in [1.165, 1.54) is 37.4 Å². The van der Waals surface area contributed by atoms with Gasteiger partial charge in [-0.15, -0.1) is 10.2 Å². The van der Waals surface area contributed by atoms with Crippen LogP contribution >= 0.6 is 0 Å². The summed E-state index contributed by atoms with van der Waals surface area (Å²) in [6.07, 6.45) is -0.333. The van der Waals surface area contributed by atoms with E-state index in [0.29, 0.717) is 11.4 Å². The topological polar surface area (TPSA) is 118 Å². The Kier molecular flexibility index (Phi) is 9.53. The lowest BCUT2D eigenvalue weighted by atomic mass is 10.2. The summed E-state index contributed by atoms with van der Waals surface area (Å²) in [6.45, 7) is 7.37. The smallest absolute Gasteiger partial charge is 0.339 e. The maximum absolute atomic E-state index is 15.1. The summed E-state index contributed by atoms with van der Waals surface area (Å²) < 4.78 is 31.9. The summed E-state index contributed by atoms with van der Waals surface area (Å²) in [6, 6.07) is 12.4. The summed E-state index contributed by atoms with van der Waals surface area (Å²) in [5.41, 5.74) is 1.74. The quantitative estimate of drug-likeness (QED) is 0.248. The molecule has 0 bridgehead atoms. The first-order valence-corrected chi connectivity index (χ1v) is 12.2. The number of nitrogens with zero attached hydrogens (tertiary/aromatic N) is 5. The minimum absolute atomic E-state index is 0.0144. The molecule has 3 aromatic rings. The Hall–Kier alpha value is -4.54. The zero-order valence-electron chi connectivity index (χ0n) is 23.0. The number of carboxylic acid groups (broad SMARTS) is 1. The Morgan fingerprint density at radius 2 is 1.46 bits per heavy atom. The van der Waals surface area contributed by atoms with Gasteiger partial charge in [-0.1, -0.05) is 0 Å². The SMILES string of the molecule is COc1cc(N=Nc2ccc(N(C)C)cc2OC(C)C)cc(F)c1N=Nc1ccc(C(=O)O)c(OC(C)C)c1. The highest BCUT2D eigenvalue weighted by atomic mass is 19.1. The van der Waals surface area contributed by atoms with Gasteiger partial charge in [-0.3, -0.25) is 0 Å². The molecule has 0 aliphatic rings. The van der Waals surface area contributed by atoms with Crippen molar-refractivity contribution >= 4 is 34.4 Å². The van der Waals surface area contributed by atoms with Gasteiger partial charge in [0.25, 0.3) is 0 Å². The van der Waals surface area contributed by atoms with E-state index in [9.17, 15) is 9.90 Å². The van der Waals surface area contributed by atoms with Crippen molar-refractivity contribution in [1.82, 2.24) is 0 Å². The number of ether oxygens (including phenoxy) is 3. The Balaban J connectivity index is 1.92. The first-order valence-electron chi connectivity index (χ1n) is 12.2. The van der Waals surface area contributed by atoms with Crippen LogP contribution in [-0.4, -0.2) is 44.5 Å². The number of rotatable bonds is 11. The number of carbonyl (C=O) groups is 1. The van der Waals surface area contributed by atoms with Crippen LogP contribution in [0.5, 0.6) is 17.2 Å². The van der Waals surface area contributed by atoms with E-state index in [0.717, 1.165) is 5.69 Å². The van der Waals surface area contributed by atoms with E-state index < -0.39 is 11.8 Å². The van der Waals surface area contributed by atoms with Crippen molar-refractivity contribution in [1.29, 1.82) is 0 Å². The minimum Gasteiger partial charge on any atom is -0.494 e. The lowest BCUT2D eigenvalue weighted by molar-refractivity contribution is 0.0690. The number of hydrogen-bond donors (Lipinski definition) is 1. The highest BCUT2D eigenvalue weighted by Crippen LogP contribution is 2.38. The predicted octanol–water partition coefficient (Wildman–Crippen LogP) is 8.00. The summed E-state index contributed by atoms with van der Waals surface area (Å²) >= 11 is 0. The second-order valence-corrected chi connectivity index (χ2v) is 9.24.